The molecule has 0 saturated heterocycles. The smallest absolute Gasteiger partial charge is 1.00 e. The van der Waals surface area contributed by atoms with Gasteiger partial charge in [-0.1, -0.05) is 54.6 Å². The van der Waals surface area contributed by atoms with Crippen LogP contribution in [0.3, 0.4) is 0 Å². The van der Waals surface area contributed by atoms with E-state index in [2.05, 4.69) is 0 Å². The summed E-state index contributed by atoms with van der Waals surface area (Å²) in [5, 5.41) is 0. The molecule has 2 aromatic rings. The van der Waals surface area contributed by atoms with Crippen molar-refractivity contribution in [1.29, 1.82) is 0 Å². The first kappa shape index (κ1) is 15.6. The normalized spacial score (nSPS) is 10.8. The average molecular weight is 272 g/mol. The first-order valence-corrected chi connectivity index (χ1v) is 7.04. The quantitative estimate of drug-likeness (QED) is 0.617. The van der Waals surface area contributed by atoms with Gasteiger partial charge < -0.3 is 11.2 Å². The van der Waals surface area contributed by atoms with E-state index in [1.54, 1.807) is 12.1 Å². The molecule has 5 heteroatoms. The monoisotopic (exact) mass is 272 g/mol. The molecule has 0 aliphatic heterocycles. The van der Waals surface area contributed by atoms with Crippen LogP contribution in [0.2, 0.25) is 0 Å². The molecule has 0 saturated carbocycles. The van der Waals surface area contributed by atoms with Gasteiger partial charge in [-0.05, 0) is 16.7 Å². The van der Waals surface area contributed by atoms with Crippen LogP contribution in [0.5, 0.6) is 0 Å². The Morgan fingerprint density at radius 1 is 0.944 bits per heavy atom. The Morgan fingerprint density at radius 2 is 1.50 bits per heavy atom. The van der Waals surface area contributed by atoms with Crippen LogP contribution in [0.4, 0.5) is 0 Å². The maximum absolute atomic E-state index is 11.1. The van der Waals surface area contributed by atoms with Crippen LogP contribution >= 0.6 is 7.60 Å². The zero-order valence-electron chi connectivity index (χ0n) is 11.2. The summed E-state index contributed by atoms with van der Waals surface area (Å²) in [5.41, 5.74) is 2.51. The van der Waals surface area contributed by atoms with Gasteiger partial charge in [0.2, 0.25) is 0 Å². The van der Waals surface area contributed by atoms with Crippen molar-refractivity contribution in [2.75, 3.05) is 0 Å². The number of hydrogen-bond donors (Lipinski definition) is 2. The van der Waals surface area contributed by atoms with Gasteiger partial charge in [-0.25, -0.2) is 0 Å². The summed E-state index contributed by atoms with van der Waals surface area (Å²) in [7, 11) is -4.03. The van der Waals surface area contributed by atoms with Gasteiger partial charge in [-0.3, -0.25) is 4.57 Å². The summed E-state index contributed by atoms with van der Waals surface area (Å²) in [5.74, 6) is 0. The van der Waals surface area contributed by atoms with E-state index >= 15 is 0 Å². The molecule has 0 atom stereocenters. The van der Waals surface area contributed by atoms with Crippen LogP contribution in [0.15, 0.2) is 54.6 Å². The SMILES string of the molecule is O=P(O)(O)Cc1ccccc1-c1ccccc1.[H-].[Na+]. The van der Waals surface area contributed by atoms with E-state index < -0.39 is 7.60 Å². The van der Waals surface area contributed by atoms with Crippen LogP contribution in [0.1, 0.15) is 6.99 Å². The van der Waals surface area contributed by atoms with E-state index in [4.69, 9.17) is 9.79 Å². The van der Waals surface area contributed by atoms with Crippen molar-refractivity contribution in [2.45, 2.75) is 6.16 Å². The van der Waals surface area contributed by atoms with E-state index in [1.165, 1.54) is 0 Å². The van der Waals surface area contributed by atoms with Crippen molar-refractivity contribution in [2.24, 2.45) is 0 Å². The Balaban J connectivity index is 0.00000162. The van der Waals surface area contributed by atoms with Crippen LogP contribution < -0.4 is 29.6 Å². The van der Waals surface area contributed by atoms with Gasteiger partial charge >= 0.3 is 37.2 Å². The second kappa shape index (κ2) is 6.67. The molecule has 0 radical (unpaired) electrons. The Labute approximate surface area is 130 Å². The summed E-state index contributed by atoms with van der Waals surface area (Å²) in [6.45, 7) is 0. The maximum Gasteiger partial charge on any atom is 1.00 e. The van der Waals surface area contributed by atoms with E-state index in [-0.39, 0.29) is 37.1 Å². The zero-order chi connectivity index (χ0) is 12.3. The van der Waals surface area contributed by atoms with Crippen LogP contribution in [0, 0.1) is 0 Å². The predicted molar refractivity (Wildman–Crippen MR) is 68.7 cm³/mol. The van der Waals surface area contributed by atoms with Crippen LogP contribution in [0.25, 0.3) is 11.1 Å². The fourth-order valence-corrected chi connectivity index (χ4v) is 2.50. The molecule has 0 aliphatic carbocycles. The molecular weight excluding hydrogens is 258 g/mol. The number of benzene rings is 2. The fraction of sp³-hybridized carbons (Fsp3) is 0.0769. The van der Waals surface area contributed by atoms with Crippen molar-refractivity contribution in [3.8, 4) is 11.1 Å². The van der Waals surface area contributed by atoms with E-state index in [1.807, 2.05) is 42.5 Å². The minimum atomic E-state index is -4.03. The summed E-state index contributed by atoms with van der Waals surface area (Å²) in [4.78, 5) is 18.1. The van der Waals surface area contributed by atoms with E-state index in [0.717, 1.165) is 11.1 Å². The largest absolute Gasteiger partial charge is 1.00 e. The molecular formula is C13H14NaO3P. The van der Waals surface area contributed by atoms with E-state index in [9.17, 15) is 4.57 Å². The van der Waals surface area contributed by atoms with Crippen LogP contribution in [-0.4, -0.2) is 9.79 Å². The Kier molecular flexibility index (Phi) is 5.80. The second-order valence-electron chi connectivity index (χ2n) is 3.85. The molecule has 18 heavy (non-hydrogen) atoms. The third-order valence-electron chi connectivity index (χ3n) is 2.48. The molecule has 2 N–H and O–H groups in total. The molecule has 2 aromatic carbocycles. The average Bonchev–Trinajstić information content (AvgIpc) is 2.29. The molecule has 0 heterocycles. The first-order chi connectivity index (χ1) is 8.06. The Bertz CT molecular complexity index is 557. The molecule has 0 unspecified atom stereocenters. The van der Waals surface area contributed by atoms with E-state index in [0.29, 0.717) is 5.56 Å². The zero-order valence-corrected chi connectivity index (χ0v) is 13.0. The third-order valence-corrected chi connectivity index (χ3v) is 3.23. The molecule has 0 aromatic heterocycles. The van der Waals surface area contributed by atoms with Crippen LogP contribution in [-0.2, 0) is 10.7 Å². The molecule has 0 bridgehead atoms. The molecule has 3 nitrogen and oxygen atoms in total. The minimum Gasteiger partial charge on any atom is -1.00 e. The molecule has 0 aliphatic rings. The van der Waals surface area contributed by atoms with Gasteiger partial charge in [0, 0.05) is 0 Å². The predicted octanol–water partition coefficient (Wildman–Crippen LogP) is 0.148. The first-order valence-electron chi connectivity index (χ1n) is 5.24. The molecule has 0 fully saturated rings. The van der Waals surface area contributed by atoms with Crippen molar-refractivity contribution in [3.05, 3.63) is 60.2 Å². The molecule has 90 valence electrons. The summed E-state index contributed by atoms with van der Waals surface area (Å²) >= 11 is 0. The summed E-state index contributed by atoms with van der Waals surface area (Å²) in [6, 6.07) is 16.9. The van der Waals surface area contributed by atoms with Gasteiger partial charge in [0.25, 0.3) is 0 Å². The molecule has 0 amide bonds. The number of hydrogen-bond acceptors (Lipinski definition) is 1. The Morgan fingerprint density at radius 3 is 2.11 bits per heavy atom. The number of rotatable bonds is 3. The fourth-order valence-electron chi connectivity index (χ4n) is 1.78. The summed E-state index contributed by atoms with van der Waals surface area (Å²) < 4.78 is 11.1. The van der Waals surface area contributed by atoms with Gasteiger partial charge in [0.15, 0.2) is 0 Å². The second-order valence-corrected chi connectivity index (χ2v) is 5.49. The maximum atomic E-state index is 11.1. The molecule has 0 spiro atoms. The van der Waals surface area contributed by atoms with Gasteiger partial charge in [0.05, 0.1) is 6.16 Å². The molecule has 2 rings (SSSR count). The van der Waals surface area contributed by atoms with Crippen molar-refractivity contribution >= 4 is 7.60 Å². The van der Waals surface area contributed by atoms with Gasteiger partial charge in [-0.2, -0.15) is 0 Å². The third kappa shape index (κ3) is 4.36. The summed E-state index contributed by atoms with van der Waals surface area (Å²) in [6.07, 6.45) is -0.224. The standard InChI is InChI=1S/C13H13O3P.Na.H/c14-17(15,16)10-12-8-4-5-9-13(12)11-6-2-1-3-7-11;;/h1-9H,10H2,(H2,14,15,16);;/q;+1;-1. The van der Waals surface area contributed by atoms with Crippen molar-refractivity contribution in [1.82, 2.24) is 0 Å². The topological polar surface area (TPSA) is 57.5 Å². The van der Waals surface area contributed by atoms with Gasteiger partial charge in [0.1, 0.15) is 0 Å². The van der Waals surface area contributed by atoms with Crippen molar-refractivity contribution < 1.29 is 45.3 Å². The Hall–Kier alpha value is -0.410. The van der Waals surface area contributed by atoms with Crippen molar-refractivity contribution in [3.63, 3.8) is 0 Å². The minimum absolute atomic E-state index is 0. The van der Waals surface area contributed by atoms with Gasteiger partial charge in [-0.15, -0.1) is 0 Å².